The first kappa shape index (κ1) is 83.7. The summed E-state index contributed by atoms with van der Waals surface area (Å²) in [6.45, 7) is -2.03. The molecule has 14 aromatic rings. The lowest BCUT2D eigenvalue weighted by Crippen LogP contribution is -2.38. The number of hydrogen-bond acceptors (Lipinski definition) is 14. The maximum atomic E-state index is 15.5. The Hall–Kier alpha value is -12.6. The summed E-state index contributed by atoms with van der Waals surface area (Å²) in [6.07, 6.45) is -5.73. The van der Waals surface area contributed by atoms with Crippen LogP contribution in [0.2, 0.25) is 10.0 Å². The number of nitrogens with one attached hydrogen (secondary N) is 4. The Balaban J connectivity index is 0.000000176. The maximum Gasteiger partial charge on any atom is 0.293 e. The fraction of sp³-hybridized carbons (Fsp3) is 0.244. The maximum absolute atomic E-state index is 15.5. The number of sulfonamides is 2. The summed E-state index contributed by atoms with van der Waals surface area (Å²) in [5.74, 6) is -19.7. The van der Waals surface area contributed by atoms with E-state index in [1.165, 1.54) is 121 Å². The zero-order chi connectivity index (χ0) is 88.3. The van der Waals surface area contributed by atoms with E-state index in [0.717, 1.165) is 45.9 Å². The Morgan fingerprint density at radius 2 is 0.863 bits per heavy atom. The Labute approximate surface area is 700 Å². The number of fused-ring (bicyclic) bond motifs is 10. The molecule has 4 N–H and O–H groups in total. The number of carbonyl (C=O) groups is 2. The molecule has 18 rings (SSSR count). The van der Waals surface area contributed by atoms with Crippen molar-refractivity contribution in [1.29, 1.82) is 0 Å². The molecule has 2 amide bonds. The van der Waals surface area contributed by atoms with Crippen LogP contribution in [0.4, 0.5) is 73.1 Å². The Morgan fingerprint density at radius 1 is 0.500 bits per heavy atom. The third-order valence-electron chi connectivity index (χ3n) is 22.0. The Morgan fingerprint density at radius 3 is 1.21 bits per heavy atom. The molecule has 42 heteroatoms. The molecule has 0 radical (unpaired) electrons. The number of rotatable bonds is 22. The van der Waals surface area contributed by atoms with Gasteiger partial charge in [-0.3, -0.25) is 56.5 Å². The van der Waals surface area contributed by atoms with Crippen LogP contribution in [0, 0.1) is 46.7 Å². The van der Waals surface area contributed by atoms with Gasteiger partial charge in [0.1, 0.15) is 82.4 Å². The minimum absolute atomic E-state index is 0.00493. The number of halogens is 16. The van der Waals surface area contributed by atoms with Gasteiger partial charge in [0.05, 0.1) is 89.6 Å². The molecule has 6 aromatic heterocycles. The molecular formula is C82H60Cl2F14N16O8S2. The van der Waals surface area contributed by atoms with Crippen LogP contribution in [0.3, 0.4) is 0 Å². The molecule has 124 heavy (non-hydrogen) atoms. The highest BCUT2D eigenvalue weighted by atomic mass is 35.5. The fourth-order valence-electron chi connectivity index (χ4n) is 16.9. The van der Waals surface area contributed by atoms with Gasteiger partial charge in [0.15, 0.2) is 11.6 Å². The van der Waals surface area contributed by atoms with Crippen molar-refractivity contribution < 1.29 is 87.9 Å². The molecule has 4 aliphatic carbocycles. The number of aromatic nitrogens is 12. The number of carbonyl (C=O) groups excluding carboxylic acids is 2. The van der Waals surface area contributed by atoms with Crippen molar-refractivity contribution in [3.8, 4) is 33.6 Å². The molecular weight excluding hydrogens is 1740 g/mol. The van der Waals surface area contributed by atoms with Gasteiger partial charge in [0, 0.05) is 73.2 Å². The smallest absolute Gasteiger partial charge is 0.293 e. The van der Waals surface area contributed by atoms with E-state index in [1.54, 1.807) is 12.1 Å². The van der Waals surface area contributed by atoms with E-state index in [0.29, 0.717) is 21.5 Å². The van der Waals surface area contributed by atoms with Gasteiger partial charge >= 0.3 is 0 Å². The van der Waals surface area contributed by atoms with Gasteiger partial charge in [0.25, 0.3) is 35.8 Å². The van der Waals surface area contributed by atoms with Crippen LogP contribution in [0.1, 0.15) is 106 Å². The van der Waals surface area contributed by atoms with E-state index in [2.05, 4.69) is 40.5 Å². The second-order valence-electron chi connectivity index (χ2n) is 30.5. The summed E-state index contributed by atoms with van der Waals surface area (Å²) in [4.78, 5) is 67.7. The number of aryl methyl sites for hydroxylation is 2. The van der Waals surface area contributed by atoms with E-state index in [1.807, 2.05) is 0 Å². The molecule has 6 heterocycles. The van der Waals surface area contributed by atoms with Crippen LogP contribution < -0.4 is 31.2 Å². The number of anilines is 2. The lowest BCUT2D eigenvalue weighted by Gasteiger charge is -2.24. The molecule has 6 atom stereocenters. The average Bonchev–Trinajstić information content (AvgIpc) is 1.53. The molecule has 0 bridgehead atoms. The molecule has 24 nitrogen and oxygen atoms in total. The van der Waals surface area contributed by atoms with Crippen molar-refractivity contribution in [3.05, 3.63) is 268 Å². The average molecular weight is 1800 g/mol. The van der Waals surface area contributed by atoms with Gasteiger partial charge in [-0.05, 0) is 132 Å². The third kappa shape index (κ3) is 15.2. The minimum Gasteiger partial charge on any atom is -0.344 e. The highest BCUT2D eigenvalue weighted by Gasteiger charge is 2.68. The van der Waals surface area contributed by atoms with Gasteiger partial charge in [-0.2, -0.15) is 38.0 Å². The predicted octanol–water partition coefficient (Wildman–Crippen LogP) is 15.6. The lowest BCUT2D eigenvalue weighted by molar-refractivity contribution is -0.123. The van der Waals surface area contributed by atoms with Crippen LogP contribution >= 0.6 is 23.2 Å². The van der Waals surface area contributed by atoms with E-state index < -0.39 is 187 Å². The predicted molar refractivity (Wildman–Crippen MR) is 427 cm³/mol. The van der Waals surface area contributed by atoms with Crippen molar-refractivity contribution >= 4 is 110 Å². The van der Waals surface area contributed by atoms with E-state index in [-0.39, 0.29) is 146 Å². The Bertz CT molecular complexity index is 6800. The third-order valence-corrected chi connectivity index (χ3v) is 23.7. The van der Waals surface area contributed by atoms with Crippen molar-refractivity contribution in [1.82, 2.24) is 68.9 Å². The van der Waals surface area contributed by atoms with Crippen LogP contribution in [0.15, 0.2) is 155 Å². The van der Waals surface area contributed by atoms with Crippen molar-refractivity contribution in [2.24, 2.45) is 25.9 Å². The van der Waals surface area contributed by atoms with Crippen molar-refractivity contribution in [2.75, 3.05) is 22.0 Å². The number of hydrogen-bond donors (Lipinski definition) is 4. The zero-order valence-electron chi connectivity index (χ0n) is 64.2. The van der Waals surface area contributed by atoms with E-state index in [9.17, 15) is 71.1 Å². The molecule has 8 aromatic carbocycles. The highest BCUT2D eigenvalue weighted by molar-refractivity contribution is 7.92. The topological polar surface area (TPSA) is 292 Å². The molecule has 0 aliphatic heterocycles. The van der Waals surface area contributed by atoms with Gasteiger partial charge in [-0.25, -0.2) is 70.7 Å². The summed E-state index contributed by atoms with van der Waals surface area (Å²) in [7, 11) is -5.00. The summed E-state index contributed by atoms with van der Waals surface area (Å²) < 4.78 is 267. The summed E-state index contributed by atoms with van der Waals surface area (Å²) in [6, 6.07) is 27.5. The second kappa shape index (κ2) is 30.7. The number of amides is 2. The first-order valence-electron chi connectivity index (χ1n) is 37.5. The molecule has 1 unspecified atom stereocenters. The highest BCUT2D eigenvalue weighted by Crippen LogP contribution is 2.69. The second-order valence-corrected chi connectivity index (χ2v) is 34.8. The molecule has 640 valence electrons. The van der Waals surface area contributed by atoms with Gasteiger partial charge < -0.3 is 10.6 Å². The van der Waals surface area contributed by atoms with Crippen LogP contribution in [-0.2, 0) is 81.5 Å². The largest absolute Gasteiger partial charge is 0.344 e. The molecule has 4 aliphatic rings. The van der Waals surface area contributed by atoms with E-state index >= 15 is 26.3 Å². The number of alkyl halides is 8. The SMILES string of the molecule is Cn1nc(NS(C)(=O)=O)c2c(Cl)ccc(-n3c(C(Cc4cc(F)cc(F)c4)NC(=O)Cn4nc(C(F)F)c5c4C(F)(F)[C@@H]4C[C@H]54)nc4cc(-c5ccccc5F)ccc4c3=O)c21.Cn1nc(NS(C)(=O)=O)c2c(Cl)ccc(-n3c([C@H](Cc4cc(F)cc(F)c4)NC(=O)Cn4nc(C(F)F)c5c4C(F)(F)[C@@H]4C[C@H]54)nc4cc(-c5ccccc5F)ccc4c3=O)c21. The summed E-state index contributed by atoms with van der Waals surface area (Å²) in [5.41, 5.74) is -4.82. The fourth-order valence-corrected chi connectivity index (χ4v) is 18.4. The lowest BCUT2D eigenvalue weighted by atomic mass is 10.0. The Kier molecular flexibility index (Phi) is 20.7. The number of nitrogens with zero attached hydrogens (tertiary/aromatic N) is 12. The summed E-state index contributed by atoms with van der Waals surface area (Å²) in [5, 5.41) is 21.3. The van der Waals surface area contributed by atoms with Gasteiger partial charge in [-0.15, -0.1) is 0 Å². The normalized spacial score (nSPS) is 17.1. The van der Waals surface area contributed by atoms with Crippen molar-refractivity contribution in [2.45, 2.75) is 87.4 Å². The number of benzene rings is 8. The first-order valence-corrected chi connectivity index (χ1v) is 42.1. The van der Waals surface area contributed by atoms with Crippen LogP contribution in [-0.4, -0.2) is 99.4 Å². The summed E-state index contributed by atoms with van der Waals surface area (Å²) >= 11 is 13.2. The standard InChI is InChI=1S/2C41H30ClF7N8O4S/c2*1-55-35-30(10-9-26(42)33(35)38(53-55)54-62(2,60)61)57-39(51-28-14-19(7-8-23(28)40(57)59)22-5-3-4-6-27(22)45)29(13-18-11-20(43)15-21(44)12-18)50-31(58)17-56-36-32(34(52-56)37(46)47)24-16-25(24)41(36,48)49/h2*3-12,14-15,24-25,29,37H,13,16-17H2,1-2H3,(H,50,58)(H,53,54)/t24-,25+,29?;24-,25+,29-/m00/s1. The van der Waals surface area contributed by atoms with Crippen LogP contribution in [0.5, 0.6) is 0 Å². The molecule has 0 spiro atoms. The monoisotopic (exact) mass is 1800 g/mol. The zero-order valence-corrected chi connectivity index (χ0v) is 67.4. The van der Waals surface area contributed by atoms with Gasteiger partial charge in [-0.1, -0.05) is 71.7 Å². The molecule has 0 saturated heterocycles. The minimum atomic E-state index is -3.93. The van der Waals surface area contributed by atoms with Crippen molar-refractivity contribution in [3.63, 3.8) is 0 Å². The van der Waals surface area contributed by atoms with E-state index in [4.69, 9.17) is 33.2 Å². The molecule has 2 saturated carbocycles. The molecule has 2 fully saturated rings. The quantitative estimate of drug-likeness (QED) is 0.0459. The van der Waals surface area contributed by atoms with Gasteiger partial charge in [0.2, 0.25) is 31.9 Å². The van der Waals surface area contributed by atoms with Crippen LogP contribution in [0.25, 0.3) is 77.2 Å². The first-order chi connectivity index (χ1) is 58.6.